The number of ketones is 2. The molecule has 2 nitrogen and oxygen atoms in total. The molecule has 1 rings (SSSR count). The molecule has 14 heavy (non-hydrogen) atoms. The normalized spacial score (nSPS) is 31.6. The van der Waals surface area contributed by atoms with E-state index in [0.717, 1.165) is 25.7 Å². The first-order valence-electron chi connectivity index (χ1n) is 5.30. The van der Waals surface area contributed by atoms with Crippen molar-refractivity contribution in [2.24, 2.45) is 5.92 Å². The fourth-order valence-corrected chi connectivity index (χ4v) is 2.52. The lowest BCUT2D eigenvalue weighted by Gasteiger charge is -2.15. The standard InChI is InChI=1S/C11H17IO2/c1-8-4-2-5-9(12)11(14)7-3-6-10(8)13/h8-9H,2-7H2,1H3/t8-,9-/m1/s1. The monoisotopic (exact) mass is 308 g/mol. The van der Waals surface area contributed by atoms with Gasteiger partial charge in [0.1, 0.15) is 11.6 Å². The van der Waals surface area contributed by atoms with Crippen molar-refractivity contribution in [3.05, 3.63) is 0 Å². The Balaban J connectivity index is 2.51. The summed E-state index contributed by atoms with van der Waals surface area (Å²) in [5.74, 6) is 0.865. The van der Waals surface area contributed by atoms with Gasteiger partial charge in [0.15, 0.2) is 0 Å². The second kappa shape index (κ2) is 5.83. The van der Waals surface area contributed by atoms with E-state index in [0.29, 0.717) is 24.4 Å². The third-order valence-electron chi connectivity index (χ3n) is 2.84. The Morgan fingerprint density at radius 2 is 1.71 bits per heavy atom. The van der Waals surface area contributed by atoms with Crippen LogP contribution in [0.5, 0.6) is 0 Å². The summed E-state index contributed by atoms with van der Waals surface area (Å²) in [5.41, 5.74) is 0. The summed E-state index contributed by atoms with van der Waals surface area (Å²) in [7, 11) is 0. The number of hydrogen-bond acceptors (Lipinski definition) is 2. The molecule has 0 amide bonds. The van der Waals surface area contributed by atoms with Gasteiger partial charge in [0.25, 0.3) is 0 Å². The zero-order valence-electron chi connectivity index (χ0n) is 8.59. The first-order chi connectivity index (χ1) is 6.61. The molecular weight excluding hydrogens is 291 g/mol. The Morgan fingerprint density at radius 3 is 2.43 bits per heavy atom. The number of hydrogen-bond donors (Lipinski definition) is 0. The summed E-state index contributed by atoms with van der Waals surface area (Å²) in [4.78, 5) is 23.0. The fourth-order valence-electron chi connectivity index (χ4n) is 1.77. The Morgan fingerprint density at radius 1 is 1.07 bits per heavy atom. The molecule has 1 saturated carbocycles. The Bertz CT molecular complexity index is 203. The van der Waals surface area contributed by atoms with Gasteiger partial charge >= 0.3 is 0 Å². The molecule has 80 valence electrons. The van der Waals surface area contributed by atoms with Crippen LogP contribution in [0.15, 0.2) is 0 Å². The van der Waals surface area contributed by atoms with Crippen LogP contribution in [0.1, 0.15) is 45.4 Å². The van der Waals surface area contributed by atoms with Crippen molar-refractivity contribution in [2.75, 3.05) is 0 Å². The maximum Gasteiger partial charge on any atom is 0.145 e. The van der Waals surface area contributed by atoms with Crippen LogP contribution in [-0.4, -0.2) is 15.5 Å². The maximum atomic E-state index is 11.5. The van der Waals surface area contributed by atoms with E-state index < -0.39 is 0 Å². The van der Waals surface area contributed by atoms with E-state index in [-0.39, 0.29) is 9.84 Å². The van der Waals surface area contributed by atoms with Gasteiger partial charge in [-0.25, -0.2) is 0 Å². The molecule has 0 bridgehead atoms. The minimum atomic E-state index is 0.174. The number of rotatable bonds is 0. The molecular formula is C11H17IO2. The Labute approximate surface area is 99.0 Å². The van der Waals surface area contributed by atoms with Gasteiger partial charge in [-0.3, -0.25) is 9.59 Å². The van der Waals surface area contributed by atoms with E-state index in [2.05, 4.69) is 22.6 Å². The van der Waals surface area contributed by atoms with Crippen LogP contribution in [0.25, 0.3) is 0 Å². The lowest BCUT2D eigenvalue weighted by atomic mass is 9.92. The average Bonchev–Trinajstić information content (AvgIpc) is 2.15. The Hall–Kier alpha value is 0.0700. The van der Waals surface area contributed by atoms with Gasteiger partial charge in [-0.1, -0.05) is 35.9 Å². The third-order valence-corrected chi connectivity index (χ3v) is 4.16. The quantitative estimate of drug-likeness (QED) is 0.509. The van der Waals surface area contributed by atoms with E-state index >= 15 is 0 Å². The number of Topliss-reactive ketones (excluding diaryl/α,β-unsaturated/α-hetero) is 2. The highest BCUT2D eigenvalue weighted by Gasteiger charge is 2.19. The zero-order valence-corrected chi connectivity index (χ0v) is 10.7. The molecule has 0 saturated heterocycles. The summed E-state index contributed by atoms with van der Waals surface area (Å²) >= 11 is 2.23. The smallest absolute Gasteiger partial charge is 0.145 e. The molecule has 0 unspecified atom stereocenters. The van der Waals surface area contributed by atoms with Crippen LogP contribution in [0.4, 0.5) is 0 Å². The second-order valence-corrected chi connectivity index (χ2v) is 5.59. The van der Waals surface area contributed by atoms with Crippen LogP contribution in [0.3, 0.4) is 0 Å². The molecule has 1 aliphatic rings. The molecule has 0 aromatic heterocycles. The van der Waals surface area contributed by atoms with E-state index in [1.807, 2.05) is 6.92 Å². The predicted molar refractivity (Wildman–Crippen MR) is 64.7 cm³/mol. The van der Waals surface area contributed by atoms with Gasteiger partial charge in [0.05, 0.1) is 3.92 Å². The number of halogens is 1. The molecule has 3 heteroatoms. The number of alkyl halides is 1. The molecule has 1 aliphatic carbocycles. The van der Waals surface area contributed by atoms with Crippen molar-refractivity contribution in [1.82, 2.24) is 0 Å². The summed E-state index contributed by atoms with van der Waals surface area (Å²) in [6.07, 6.45) is 4.83. The van der Waals surface area contributed by atoms with Gasteiger partial charge in [-0.2, -0.15) is 0 Å². The second-order valence-electron chi connectivity index (χ2n) is 4.09. The van der Waals surface area contributed by atoms with Crippen molar-refractivity contribution in [1.29, 1.82) is 0 Å². The first kappa shape index (κ1) is 12.1. The van der Waals surface area contributed by atoms with Gasteiger partial charge in [-0.05, 0) is 19.3 Å². The van der Waals surface area contributed by atoms with Gasteiger partial charge < -0.3 is 0 Å². The van der Waals surface area contributed by atoms with E-state index in [4.69, 9.17) is 0 Å². The molecule has 2 atom stereocenters. The number of carbonyl (C=O) groups is 2. The molecule has 0 N–H and O–H groups in total. The maximum absolute atomic E-state index is 11.5. The fraction of sp³-hybridized carbons (Fsp3) is 0.818. The van der Waals surface area contributed by atoms with Crippen molar-refractivity contribution in [3.63, 3.8) is 0 Å². The van der Waals surface area contributed by atoms with Crippen LogP contribution in [-0.2, 0) is 9.59 Å². The summed E-state index contributed by atoms with van der Waals surface area (Å²) in [5, 5.41) is 0. The Kier molecular flexibility index (Phi) is 5.06. The average molecular weight is 308 g/mol. The SMILES string of the molecule is C[C@@H]1CCC[C@@H](I)C(=O)CCCC1=O. The van der Waals surface area contributed by atoms with Crippen molar-refractivity contribution < 1.29 is 9.59 Å². The molecule has 1 fully saturated rings. The topological polar surface area (TPSA) is 34.1 Å². The highest BCUT2D eigenvalue weighted by Crippen LogP contribution is 2.21. The van der Waals surface area contributed by atoms with Gasteiger partial charge in [0, 0.05) is 18.8 Å². The molecule has 0 heterocycles. The lowest BCUT2D eigenvalue weighted by molar-refractivity contribution is -0.123. The molecule has 0 aliphatic heterocycles. The minimum absolute atomic E-state index is 0.174. The lowest BCUT2D eigenvalue weighted by Crippen LogP contribution is -2.18. The van der Waals surface area contributed by atoms with Crippen molar-refractivity contribution in [3.8, 4) is 0 Å². The largest absolute Gasteiger partial charge is 0.299 e. The minimum Gasteiger partial charge on any atom is -0.299 e. The summed E-state index contributed by atoms with van der Waals surface area (Å²) < 4.78 is 0.174. The predicted octanol–water partition coefficient (Wildman–Crippen LogP) is 2.92. The summed E-state index contributed by atoms with van der Waals surface area (Å²) in [6.45, 7) is 2.01. The van der Waals surface area contributed by atoms with Crippen LogP contribution < -0.4 is 0 Å². The number of carbonyl (C=O) groups excluding carboxylic acids is 2. The van der Waals surface area contributed by atoms with Crippen LogP contribution >= 0.6 is 22.6 Å². The third kappa shape index (κ3) is 3.67. The zero-order chi connectivity index (χ0) is 10.6. The van der Waals surface area contributed by atoms with E-state index in [1.54, 1.807) is 0 Å². The van der Waals surface area contributed by atoms with Gasteiger partial charge in [-0.15, -0.1) is 0 Å². The highest BCUT2D eigenvalue weighted by molar-refractivity contribution is 14.1. The van der Waals surface area contributed by atoms with E-state index in [9.17, 15) is 9.59 Å². The molecule has 0 aromatic rings. The molecule has 0 radical (unpaired) electrons. The summed E-state index contributed by atoms with van der Waals surface area (Å²) in [6, 6.07) is 0. The molecule has 0 spiro atoms. The highest BCUT2D eigenvalue weighted by atomic mass is 127. The van der Waals surface area contributed by atoms with Crippen LogP contribution in [0.2, 0.25) is 0 Å². The van der Waals surface area contributed by atoms with Gasteiger partial charge in [0.2, 0.25) is 0 Å². The van der Waals surface area contributed by atoms with Crippen molar-refractivity contribution >= 4 is 34.2 Å². The van der Waals surface area contributed by atoms with Crippen LogP contribution in [0, 0.1) is 5.92 Å². The first-order valence-corrected chi connectivity index (χ1v) is 6.55. The molecule has 0 aromatic carbocycles. The van der Waals surface area contributed by atoms with Crippen molar-refractivity contribution in [2.45, 2.75) is 49.4 Å². The van der Waals surface area contributed by atoms with E-state index in [1.165, 1.54) is 0 Å².